The minimum Gasteiger partial charge on any atom is -0.456 e. The summed E-state index contributed by atoms with van der Waals surface area (Å²) in [5.41, 5.74) is 1.60. The van der Waals surface area contributed by atoms with E-state index in [2.05, 4.69) is 4.98 Å². The summed E-state index contributed by atoms with van der Waals surface area (Å²) in [5, 5.41) is 1.02. The van der Waals surface area contributed by atoms with Crippen molar-refractivity contribution >= 4 is 16.7 Å². The molecule has 0 saturated carbocycles. The zero-order chi connectivity index (χ0) is 14.7. The number of benzene rings is 2. The van der Waals surface area contributed by atoms with Crippen molar-refractivity contribution in [3.63, 3.8) is 0 Å². The lowest BCUT2D eigenvalue weighted by atomic mass is 10.1. The fraction of sp³-hybridized carbons (Fsp3) is 0.111. The third-order valence-corrected chi connectivity index (χ3v) is 3.28. The lowest BCUT2D eigenvalue weighted by Crippen LogP contribution is -1.96. The van der Waals surface area contributed by atoms with Crippen LogP contribution in [0, 0.1) is 0 Å². The Hall–Kier alpha value is -2.68. The number of hydrogen-bond acceptors (Lipinski definition) is 3. The first kappa shape index (κ1) is 13.3. The van der Waals surface area contributed by atoms with E-state index in [9.17, 15) is 4.79 Å². The number of carbonyl (C=O) groups is 1. The molecule has 0 aliphatic heterocycles. The predicted octanol–water partition coefficient (Wildman–Crippen LogP) is 4.62. The fourth-order valence-electron chi connectivity index (χ4n) is 2.18. The Kier molecular flexibility index (Phi) is 3.65. The van der Waals surface area contributed by atoms with Gasteiger partial charge in [-0.1, -0.05) is 37.3 Å². The van der Waals surface area contributed by atoms with Gasteiger partial charge in [0.1, 0.15) is 11.5 Å². The van der Waals surface area contributed by atoms with Gasteiger partial charge in [-0.25, -0.2) is 0 Å². The Balaban J connectivity index is 1.89. The maximum absolute atomic E-state index is 11.7. The van der Waals surface area contributed by atoms with E-state index in [4.69, 9.17) is 4.74 Å². The van der Waals surface area contributed by atoms with E-state index in [-0.39, 0.29) is 5.78 Å². The van der Waals surface area contributed by atoms with Crippen LogP contribution in [-0.2, 0) is 0 Å². The van der Waals surface area contributed by atoms with Crippen LogP contribution in [0.3, 0.4) is 0 Å². The molecule has 1 heterocycles. The SMILES string of the molecule is CCC(=O)c1cccc(Oc2cnc3ccccc3c2)c1. The molecule has 0 saturated heterocycles. The first-order valence-corrected chi connectivity index (χ1v) is 6.92. The molecule has 3 aromatic rings. The van der Waals surface area contributed by atoms with Crippen LogP contribution >= 0.6 is 0 Å². The van der Waals surface area contributed by atoms with Gasteiger partial charge in [-0.15, -0.1) is 0 Å². The maximum atomic E-state index is 11.7. The lowest BCUT2D eigenvalue weighted by molar-refractivity contribution is 0.0988. The zero-order valence-electron chi connectivity index (χ0n) is 11.7. The fourth-order valence-corrected chi connectivity index (χ4v) is 2.18. The Labute approximate surface area is 123 Å². The highest BCUT2D eigenvalue weighted by Crippen LogP contribution is 2.25. The molecular weight excluding hydrogens is 262 g/mol. The van der Waals surface area contributed by atoms with Crippen LogP contribution in [0.2, 0.25) is 0 Å². The smallest absolute Gasteiger partial charge is 0.162 e. The first-order valence-electron chi connectivity index (χ1n) is 6.92. The average Bonchev–Trinajstić information content (AvgIpc) is 2.54. The summed E-state index contributed by atoms with van der Waals surface area (Å²) < 4.78 is 5.81. The van der Waals surface area contributed by atoms with E-state index in [0.717, 1.165) is 10.9 Å². The van der Waals surface area contributed by atoms with E-state index in [0.29, 0.717) is 23.5 Å². The number of fused-ring (bicyclic) bond motifs is 1. The van der Waals surface area contributed by atoms with E-state index in [1.54, 1.807) is 18.3 Å². The Morgan fingerprint density at radius 3 is 2.76 bits per heavy atom. The summed E-state index contributed by atoms with van der Waals surface area (Å²) in [6.07, 6.45) is 2.18. The number of carbonyl (C=O) groups excluding carboxylic acids is 1. The molecular formula is C18H15NO2. The predicted molar refractivity (Wildman–Crippen MR) is 82.9 cm³/mol. The second-order valence-corrected chi connectivity index (χ2v) is 4.77. The van der Waals surface area contributed by atoms with Crippen LogP contribution in [0.15, 0.2) is 60.8 Å². The molecule has 0 bridgehead atoms. The van der Waals surface area contributed by atoms with Gasteiger partial charge in [-0.05, 0) is 24.3 Å². The zero-order valence-corrected chi connectivity index (χ0v) is 11.7. The van der Waals surface area contributed by atoms with Gasteiger partial charge in [0.15, 0.2) is 5.78 Å². The molecule has 0 aliphatic carbocycles. The van der Waals surface area contributed by atoms with Crippen LogP contribution in [0.25, 0.3) is 10.9 Å². The molecule has 0 fully saturated rings. The van der Waals surface area contributed by atoms with E-state index in [1.165, 1.54) is 0 Å². The Bertz CT molecular complexity index is 796. The molecule has 2 aromatic carbocycles. The van der Waals surface area contributed by atoms with E-state index >= 15 is 0 Å². The van der Waals surface area contributed by atoms with Crippen molar-refractivity contribution in [3.05, 3.63) is 66.4 Å². The third kappa shape index (κ3) is 2.92. The molecule has 0 atom stereocenters. The summed E-state index contributed by atoms with van der Waals surface area (Å²) in [7, 11) is 0. The largest absolute Gasteiger partial charge is 0.456 e. The minimum atomic E-state index is 0.108. The topological polar surface area (TPSA) is 39.2 Å². The first-order chi connectivity index (χ1) is 10.3. The molecule has 0 spiro atoms. The molecule has 0 aliphatic rings. The summed E-state index contributed by atoms with van der Waals surface area (Å²) in [6.45, 7) is 1.85. The minimum absolute atomic E-state index is 0.108. The van der Waals surface area contributed by atoms with Crippen molar-refractivity contribution in [1.29, 1.82) is 0 Å². The number of para-hydroxylation sites is 1. The van der Waals surface area contributed by atoms with Crippen molar-refractivity contribution < 1.29 is 9.53 Å². The number of nitrogens with zero attached hydrogens (tertiary/aromatic N) is 1. The van der Waals surface area contributed by atoms with Crippen LogP contribution in [0.1, 0.15) is 23.7 Å². The number of Topliss-reactive ketones (excluding diaryl/α,β-unsaturated/α-hetero) is 1. The van der Waals surface area contributed by atoms with Crippen LogP contribution in [0.4, 0.5) is 0 Å². The molecule has 3 heteroatoms. The quantitative estimate of drug-likeness (QED) is 0.653. The molecule has 3 rings (SSSR count). The van der Waals surface area contributed by atoms with Gasteiger partial charge in [0.25, 0.3) is 0 Å². The summed E-state index contributed by atoms with van der Waals surface area (Å²) in [6, 6.07) is 17.0. The van der Waals surface area contributed by atoms with Crippen molar-refractivity contribution in [3.8, 4) is 11.5 Å². The van der Waals surface area contributed by atoms with Crippen molar-refractivity contribution in [1.82, 2.24) is 4.98 Å². The highest BCUT2D eigenvalue weighted by Gasteiger charge is 2.05. The second kappa shape index (κ2) is 5.75. The van der Waals surface area contributed by atoms with Gasteiger partial charge in [-0.3, -0.25) is 9.78 Å². The van der Waals surface area contributed by atoms with Gasteiger partial charge in [0.05, 0.1) is 11.7 Å². The normalized spacial score (nSPS) is 10.5. The molecule has 1 aromatic heterocycles. The van der Waals surface area contributed by atoms with Gasteiger partial charge >= 0.3 is 0 Å². The Morgan fingerprint density at radius 2 is 1.90 bits per heavy atom. The van der Waals surface area contributed by atoms with Crippen LogP contribution < -0.4 is 4.74 Å². The Morgan fingerprint density at radius 1 is 1.05 bits per heavy atom. The lowest BCUT2D eigenvalue weighted by Gasteiger charge is -2.07. The summed E-state index contributed by atoms with van der Waals surface area (Å²) in [4.78, 5) is 16.1. The summed E-state index contributed by atoms with van der Waals surface area (Å²) in [5.74, 6) is 1.42. The number of pyridine rings is 1. The van der Waals surface area contributed by atoms with E-state index in [1.807, 2.05) is 49.4 Å². The van der Waals surface area contributed by atoms with Gasteiger partial charge in [0.2, 0.25) is 0 Å². The van der Waals surface area contributed by atoms with Crippen LogP contribution in [0.5, 0.6) is 11.5 Å². The maximum Gasteiger partial charge on any atom is 0.162 e. The van der Waals surface area contributed by atoms with Gasteiger partial charge in [0, 0.05) is 17.4 Å². The van der Waals surface area contributed by atoms with Crippen molar-refractivity contribution in [2.24, 2.45) is 0 Å². The van der Waals surface area contributed by atoms with Crippen LogP contribution in [-0.4, -0.2) is 10.8 Å². The van der Waals surface area contributed by atoms with Gasteiger partial charge in [-0.2, -0.15) is 0 Å². The second-order valence-electron chi connectivity index (χ2n) is 4.77. The van der Waals surface area contributed by atoms with E-state index < -0.39 is 0 Å². The molecule has 104 valence electrons. The number of hydrogen-bond donors (Lipinski definition) is 0. The number of rotatable bonds is 4. The van der Waals surface area contributed by atoms with Gasteiger partial charge < -0.3 is 4.74 Å². The number of ketones is 1. The standard InChI is InChI=1S/C18H15NO2/c1-2-18(20)14-7-5-8-15(11-14)21-16-10-13-6-3-4-9-17(13)19-12-16/h3-12H,2H2,1H3. The molecule has 21 heavy (non-hydrogen) atoms. The highest BCUT2D eigenvalue weighted by molar-refractivity contribution is 5.96. The molecule has 0 amide bonds. The number of ether oxygens (including phenoxy) is 1. The molecule has 0 radical (unpaired) electrons. The molecule has 3 nitrogen and oxygen atoms in total. The van der Waals surface area contributed by atoms with Crippen molar-refractivity contribution in [2.75, 3.05) is 0 Å². The van der Waals surface area contributed by atoms with Crippen molar-refractivity contribution in [2.45, 2.75) is 13.3 Å². The highest BCUT2D eigenvalue weighted by atomic mass is 16.5. The average molecular weight is 277 g/mol. The summed E-state index contributed by atoms with van der Waals surface area (Å²) >= 11 is 0. The molecule has 0 unspecified atom stereocenters. The third-order valence-electron chi connectivity index (χ3n) is 3.28. The molecule has 0 N–H and O–H groups in total. The number of aromatic nitrogens is 1. The monoisotopic (exact) mass is 277 g/mol.